The fraction of sp³-hybridized carbons (Fsp3) is 0.353. The summed E-state index contributed by atoms with van der Waals surface area (Å²) in [6.45, 7) is 6.22. The molecule has 1 N–H and O–H groups in total. The smallest absolute Gasteiger partial charge is 0.290 e. The van der Waals surface area contributed by atoms with Crippen LogP contribution in [0.2, 0.25) is 0 Å². The quantitative estimate of drug-likeness (QED) is 0.685. The van der Waals surface area contributed by atoms with E-state index >= 15 is 0 Å². The van der Waals surface area contributed by atoms with E-state index in [1.54, 1.807) is 13.0 Å². The van der Waals surface area contributed by atoms with E-state index in [4.69, 9.17) is 4.74 Å². The molecule has 1 fully saturated rings. The van der Waals surface area contributed by atoms with Gasteiger partial charge in [-0.05, 0) is 44.2 Å². The van der Waals surface area contributed by atoms with E-state index in [0.717, 1.165) is 31.1 Å². The molecule has 7 heteroatoms. The van der Waals surface area contributed by atoms with Gasteiger partial charge >= 0.3 is 0 Å². The van der Waals surface area contributed by atoms with Crippen molar-refractivity contribution in [3.63, 3.8) is 0 Å². The number of anilines is 3. The molecule has 0 spiro atoms. The van der Waals surface area contributed by atoms with Crippen LogP contribution in [0.4, 0.5) is 22.9 Å². The third-order valence-electron chi connectivity index (χ3n) is 4.12. The molecule has 1 aliphatic heterocycles. The number of nitro groups is 1. The van der Waals surface area contributed by atoms with Gasteiger partial charge in [0.15, 0.2) is 0 Å². The van der Waals surface area contributed by atoms with Crippen LogP contribution in [0.25, 0.3) is 0 Å². The first kappa shape index (κ1) is 16.2. The van der Waals surface area contributed by atoms with Crippen LogP contribution in [-0.2, 0) is 4.74 Å². The lowest BCUT2D eigenvalue weighted by Crippen LogP contribution is -2.43. The average Bonchev–Trinajstić information content (AvgIpc) is 2.56. The zero-order chi connectivity index (χ0) is 17.1. The van der Waals surface area contributed by atoms with Gasteiger partial charge in [-0.15, -0.1) is 0 Å². The summed E-state index contributed by atoms with van der Waals surface area (Å²) in [5.41, 5.74) is 2.65. The standard InChI is InChI=1S/C17H20N4O3/c1-12-9-17(18-10-16(12)21(22)23)19-14-3-5-15(6-4-14)20-7-8-24-11-13(20)2/h3-6,9-10,13H,7-8,11H2,1-2H3,(H,18,19). The number of ether oxygens (including phenoxy) is 1. The zero-order valence-electron chi connectivity index (χ0n) is 13.7. The van der Waals surface area contributed by atoms with Crippen molar-refractivity contribution in [3.05, 3.63) is 52.2 Å². The van der Waals surface area contributed by atoms with E-state index in [1.165, 1.54) is 6.20 Å². The van der Waals surface area contributed by atoms with Crippen LogP contribution in [0.1, 0.15) is 12.5 Å². The van der Waals surface area contributed by atoms with E-state index in [1.807, 2.05) is 12.1 Å². The number of rotatable bonds is 4. The molecule has 2 aromatic rings. The summed E-state index contributed by atoms with van der Waals surface area (Å²) in [6, 6.07) is 10.1. The Hall–Kier alpha value is -2.67. The van der Waals surface area contributed by atoms with Gasteiger partial charge in [-0.2, -0.15) is 0 Å². The largest absolute Gasteiger partial charge is 0.377 e. The van der Waals surface area contributed by atoms with Crippen molar-refractivity contribution in [2.24, 2.45) is 0 Å². The topological polar surface area (TPSA) is 80.5 Å². The Bertz CT molecular complexity index is 733. The molecule has 24 heavy (non-hydrogen) atoms. The van der Waals surface area contributed by atoms with Crippen molar-refractivity contribution in [2.45, 2.75) is 19.9 Å². The van der Waals surface area contributed by atoms with Gasteiger partial charge in [0.25, 0.3) is 5.69 Å². The minimum Gasteiger partial charge on any atom is -0.377 e. The molecule has 0 amide bonds. The number of nitrogens with zero attached hydrogens (tertiary/aromatic N) is 3. The molecule has 0 radical (unpaired) electrons. The van der Waals surface area contributed by atoms with Crippen molar-refractivity contribution in [1.82, 2.24) is 4.98 Å². The van der Waals surface area contributed by atoms with Crippen molar-refractivity contribution in [2.75, 3.05) is 30.0 Å². The number of benzene rings is 1. The maximum absolute atomic E-state index is 10.8. The molecule has 1 saturated heterocycles. The number of nitrogens with one attached hydrogen (secondary N) is 1. The monoisotopic (exact) mass is 328 g/mol. The summed E-state index contributed by atoms with van der Waals surface area (Å²) < 4.78 is 5.46. The Morgan fingerprint density at radius 1 is 1.38 bits per heavy atom. The van der Waals surface area contributed by atoms with Gasteiger partial charge in [-0.25, -0.2) is 4.98 Å². The molecule has 1 unspecified atom stereocenters. The predicted molar refractivity (Wildman–Crippen MR) is 93.0 cm³/mol. The second kappa shape index (κ2) is 6.84. The Labute approximate surface area is 140 Å². The highest BCUT2D eigenvalue weighted by Crippen LogP contribution is 2.25. The SMILES string of the molecule is Cc1cc(Nc2ccc(N3CCOCC3C)cc2)ncc1[N+](=O)[O-]. The first-order valence-corrected chi connectivity index (χ1v) is 7.87. The van der Waals surface area contributed by atoms with Crippen LogP contribution >= 0.6 is 0 Å². The molecule has 126 valence electrons. The van der Waals surface area contributed by atoms with Gasteiger partial charge in [-0.1, -0.05) is 0 Å². The van der Waals surface area contributed by atoms with Crippen molar-refractivity contribution < 1.29 is 9.66 Å². The Kier molecular flexibility index (Phi) is 4.61. The van der Waals surface area contributed by atoms with Crippen LogP contribution in [0, 0.1) is 17.0 Å². The molecule has 0 aliphatic carbocycles. The molecule has 2 heterocycles. The van der Waals surface area contributed by atoms with Crippen LogP contribution in [0.5, 0.6) is 0 Å². The van der Waals surface area contributed by atoms with Gasteiger partial charge in [0.05, 0.1) is 18.1 Å². The number of morpholine rings is 1. The molecule has 0 saturated carbocycles. The highest BCUT2D eigenvalue weighted by molar-refractivity contribution is 5.62. The minimum absolute atomic E-state index is 0.0252. The average molecular weight is 328 g/mol. The first-order chi connectivity index (χ1) is 11.5. The Balaban J connectivity index is 1.72. The van der Waals surface area contributed by atoms with Gasteiger partial charge in [0.2, 0.25) is 0 Å². The fourth-order valence-electron chi connectivity index (χ4n) is 2.80. The third kappa shape index (κ3) is 3.46. The Morgan fingerprint density at radius 2 is 2.12 bits per heavy atom. The van der Waals surface area contributed by atoms with Crippen LogP contribution < -0.4 is 10.2 Å². The van der Waals surface area contributed by atoms with Crippen molar-refractivity contribution >= 4 is 22.9 Å². The highest BCUT2D eigenvalue weighted by atomic mass is 16.6. The lowest BCUT2D eigenvalue weighted by molar-refractivity contribution is -0.385. The lowest BCUT2D eigenvalue weighted by Gasteiger charge is -2.35. The second-order valence-electron chi connectivity index (χ2n) is 5.90. The van der Waals surface area contributed by atoms with E-state index in [0.29, 0.717) is 17.4 Å². The predicted octanol–water partition coefficient (Wildman–Crippen LogP) is 3.27. The lowest BCUT2D eigenvalue weighted by atomic mass is 10.2. The molecule has 7 nitrogen and oxygen atoms in total. The van der Waals surface area contributed by atoms with Crippen LogP contribution in [-0.4, -0.2) is 35.7 Å². The molecule has 1 aromatic heterocycles. The third-order valence-corrected chi connectivity index (χ3v) is 4.12. The summed E-state index contributed by atoms with van der Waals surface area (Å²) in [7, 11) is 0. The molecular formula is C17H20N4O3. The van der Waals surface area contributed by atoms with E-state index in [9.17, 15) is 10.1 Å². The minimum atomic E-state index is -0.426. The van der Waals surface area contributed by atoms with Crippen LogP contribution in [0.3, 0.4) is 0 Å². The maximum Gasteiger partial charge on any atom is 0.290 e. The van der Waals surface area contributed by atoms with E-state index in [-0.39, 0.29) is 5.69 Å². The molecular weight excluding hydrogens is 308 g/mol. The fourth-order valence-corrected chi connectivity index (χ4v) is 2.80. The van der Waals surface area contributed by atoms with Gasteiger partial charge in [0.1, 0.15) is 12.0 Å². The highest BCUT2D eigenvalue weighted by Gasteiger charge is 2.18. The Morgan fingerprint density at radius 3 is 2.75 bits per heavy atom. The first-order valence-electron chi connectivity index (χ1n) is 7.87. The molecule has 1 atom stereocenters. The molecule has 1 aliphatic rings. The number of hydrogen-bond acceptors (Lipinski definition) is 6. The zero-order valence-corrected chi connectivity index (χ0v) is 13.7. The second-order valence-corrected chi connectivity index (χ2v) is 5.90. The van der Waals surface area contributed by atoms with Gasteiger partial charge in [-0.3, -0.25) is 10.1 Å². The number of pyridine rings is 1. The number of aromatic nitrogens is 1. The summed E-state index contributed by atoms with van der Waals surface area (Å²) in [6.07, 6.45) is 1.28. The van der Waals surface area contributed by atoms with E-state index in [2.05, 4.69) is 34.3 Å². The normalized spacial score (nSPS) is 17.6. The van der Waals surface area contributed by atoms with Gasteiger partial charge in [0, 0.05) is 29.5 Å². The summed E-state index contributed by atoms with van der Waals surface area (Å²) >= 11 is 0. The maximum atomic E-state index is 10.8. The van der Waals surface area contributed by atoms with Gasteiger partial charge < -0.3 is 15.0 Å². The molecule has 1 aromatic carbocycles. The molecule has 0 bridgehead atoms. The van der Waals surface area contributed by atoms with Crippen molar-refractivity contribution in [1.29, 1.82) is 0 Å². The van der Waals surface area contributed by atoms with E-state index < -0.39 is 4.92 Å². The number of hydrogen-bond donors (Lipinski definition) is 1. The number of aryl methyl sites for hydroxylation is 1. The summed E-state index contributed by atoms with van der Waals surface area (Å²) in [5, 5.41) is 14.0. The van der Waals surface area contributed by atoms with Crippen molar-refractivity contribution in [3.8, 4) is 0 Å². The summed E-state index contributed by atoms with van der Waals surface area (Å²) in [5.74, 6) is 0.589. The summed E-state index contributed by atoms with van der Waals surface area (Å²) in [4.78, 5) is 16.8. The molecule has 3 rings (SSSR count). The van der Waals surface area contributed by atoms with Crippen LogP contribution in [0.15, 0.2) is 36.5 Å².